The van der Waals surface area contributed by atoms with Gasteiger partial charge in [0.15, 0.2) is 0 Å². The predicted molar refractivity (Wildman–Crippen MR) is 295 cm³/mol. The minimum atomic E-state index is -0.169. The lowest BCUT2D eigenvalue weighted by atomic mass is 9.82. The number of rotatable bonds is 5. The molecule has 10 aromatic carbocycles. The van der Waals surface area contributed by atoms with Gasteiger partial charge in [-0.15, -0.1) is 11.3 Å². The number of nitrogens with zero attached hydrogens (tertiary/aromatic N) is 4. The van der Waals surface area contributed by atoms with E-state index in [1.54, 1.807) is 0 Å². The molecule has 15 rings (SSSR count). The molecular weight excluding hydrogens is 869 g/mol. The zero-order valence-electron chi connectivity index (χ0n) is 38.5. The van der Waals surface area contributed by atoms with E-state index in [1.807, 2.05) is 11.3 Å². The molecule has 0 saturated heterocycles. The molecule has 0 atom stereocenters. The van der Waals surface area contributed by atoms with Crippen LogP contribution in [0.2, 0.25) is 0 Å². The number of hydrogen-bond acceptors (Lipinski definition) is 3. The number of aromatic nitrogens is 4. The van der Waals surface area contributed by atoms with Crippen molar-refractivity contribution in [1.29, 1.82) is 0 Å². The summed E-state index contributed by atoms with van der Waals surface area (Å²) in [6.45, 7) is 4.71. The van der Waals surface area contributed by atoms with Gasteiger partial charge in [0.1, 0.15) is 0 Å². The Kier molecular flexibility index (Phi) is 8.26. The van der Waals surface area contributed by atoms with Gasteiger partial charge in [0.05, 0.1) is 33.3 Å². The summed E-state index contributed by atoms with van der Waals surface area (Å²) in [5.41, 5.74) is 17.3. The maximum absolute atomic E-state index is 5.79. The SMILES string of the molecule is CC1(C)c2ccccc2-c2ccc(-c3nc(-n4c5ccc(-c6cccc7c8ccccc8n(-c8ccccc8)c67)cc5c5c6ccccc6ccc54)nc4ccc5cc(-c6ccccc6)sc5c34)cc21. The molecule has 0 amide bonds. The summed E-state index contributed by atoms with van der Waals surface area (Å²) >= 11 is 1.83. The lowest BCUT2D eigenvalue weighted by Gasteiger charge is -2.22. The topological polar surface area (TPSA) is 35.6 Å². The molecule has 0 saturated carbocycles. The van der Waals surface area contributed by atoms with Gasteiger partial charge in [-0.25, -0.2) is 9.97 Å². The minimum Gasteiger partial charge on any atom is -0.309 e. The minimum absolute atomic E-state index is 0.169. The third-order valence-corrected chi connectivity index (χ3v) is 16.3. The second-order valence-electron chi connectivity index (χ2n) is 19.3. The van der Waals surface area contributed by atoms with Gasteiger partial charge in [0.25, 0.3) is 0 Å². The fraction of sp³-hybridized carbons (Fsp3) is 0.0462. The zero-order valence-corrected chi connectivity index (χ0v) is 39.3. The van der Waals surface area contributed by atoms with E-state index in [0.29, 0.717) is 5.95 Å². The highest BCUT2D eigenvalue weighted by molar-refractivity contribution is 7.23. The third kappa shape index (κ3) is 5.58. The number of para-hydroxylation sites is 3. The summed E-state index contributed by atoms with van der Waals surface area (Å²) in [7, 11) is 0. The molecule has 4 aromatic heterocycles. The van der Waals surface area contributed by atoms with E-state index in [9.17, 15) is 0 Å². The zero-order chi connectivity index (χ0) is 46.2. The van der Waals surface area contributed by atoms with Crippen molar-refractivity contribution >= 4 is 86.7 Å². The molecule has 0 radical (unpaired) electrons. The molecule has 70 heavy (non-hydrogen) atoms. The van der Waals surface area contributed by atoms with Gasteiger partial charge in [-0.3, -0.25) is 4.57 Å². The molecule has 14 aromatic rings. The van der Waals surface area contributed by atoms with Crippen molar-refractivity contribution in [1.82, 2.24) is 19.1 Å². The van der Waals surface area contributed by atoms with E-state index in [-0.39, 0.29) is 5.41 Å². The van der Waals surface area contributed by atoms with Crippen LogP contribution in [-0.4, -0.2) is 19.1 Å². The Labute approximate surface area is 408 Å². The smallest absolute Gasteiger partial charge is 0.235 e. The van der Waals surface area contributed by atoms with Gasteiger partial charge in [0, 0.05) is 58.7 Å². The Morgan fingerprint density at radius 3 is 1.99 bits per heavy atom. The summed E-state index contributed by atoms with van der Waals surface area (Å²) < 4.78 is 5.94. The van der Waals surface area contributed by atoms with Crippen molar-refractivity contribution in [3.05, 3.63) is 230 Å². The van der Waals surface area contributed by atoms with Gasteiger partial charge >= 0.3 is 0 Å². The Hall–Kier alpha value is -8.64. The molecule has 0 bridgehead atoms. The van der Waals surface area contributed by atoms with Crippen LogP contribution in [0, 0.1) is 0 Å². The quantitative estimate of drug-likeness (QED) is 0.172. The van der Waals surface area contributed by atoms with Crippen LogP contribution < -0.4 is 0 Å². The van der Waals surface area contributed by atoms with Crippen LogP contribution in [0.1, 0.15) is 25.0 Å². The van der Waals surface area contributed by atoms with E-state index in [4.69, 9.17) is 9.97 Å². The van der Waals surface area contributed by atoms with Crippen LogP contribution in [0.5, 0.6) is 0 Å². The normalized spacial score (nSPS) is 13.1. The molecule has 0 aliphatic heterocycles. The highest BCUT2D eigenvalue weighted by Crippen LogP contribution is 2.51. The molecule has 0 N–H and O–H groups in total. The number of fused-ring (bicyclic) bond motifs is 14. The first kappa shape index (κ1) is 39.4. The molecule has 328 valence electrons. The fourth-order valence-electron chi connectivity index (χ4n) is 11.9. The second-order valence-corrected chi connectivity index (χ2v) is 20.3. The van der Waals surface area contributed by atoms with E-state index in [0.717, 1.165) is 49.8 Å². The highest BCUT2D eigenvalue weighted by Gasteiger charge is 2.35. The second kappa shape index (κ2) is 14.7. The summed E-state index contributed by atoms with van der Waals surface area (Å²) in [4.78, 5) is 12.6. The molecule has 0 fully saturated rings. The number of hydrogen-bond donors (Lipinski definition) is 0. The van der Waals surface area contributed by atoms with E-state index < -0.39 is 0 Å². The van der Waals surface area contributed by atoms with Crippen molar-refractivity contribution in [2.24, 2.45) is 0 Å². The van der Waals surface area contributed by atoms with Gasteiger partial charge in [-0.05, 0) is 104 Å². The van der Waals surface area contributed by atoms with Crippen molar-refractivity contribution in [3.8, 4) is 55.6 Å². The summed E-state index contributed by atoms with van der Waals surface area (Å²) in [5, 5.41) is 9.49. The molecule has 0 unspecified atom stereocenters. The van der Waals surface area contributed by atoms with Crippen molar-refractivity contribution < 1.29 is 0 Å². The van der Waals surface area contributed by atoms with Gasteiger partial charge in [0.2, 0.25) is 5.95 Å². The Bertz CT molecular complexity index is 4500. The Balaban J connectivity index is 1.01. The van der Waals surface area contributed by atoms with Gasteiger partial charge in [-0.1, -0.05) is 178 Å². The van der Waals surface area contributed by atoms with E-state index in [1.165, 1.54) is 86.3 Å². The lowest BCUT2D eigenvalue weighted by Crippen LogP contribution is -2.15. The van der Waals surface area contributed by atoms with Crippen molar-refractivity contribution in [2.75, 3.05) is 0 Å². The summed E-state index contributed by atoms with van der Waals surface area (Å²) in [6, 6.07) is 79.9. The van der Waals surface area contributed by atoms with E-state index >= 15 is 0 Å². The first-order chi connectivity index (χ1) is 34.5. The average Bonchev–Trinajstić information content (AvgIpc) is 4.16. The molecule has 5 heteroatoms. The maximum atomic E-state index is 5.79. The first-order valence-electron chi connectivity index (χ1n) is 24.1. The first-order valence-corrected chi connectivity index (χ1v) is 24.9. The van der Waals surface area contributed by atoms with E-state index in [2.05, 4.69) is 241 Å². The molecule has 4 nitrogen and oxygen atoms in total. The summed E-state index contributed by atoms with van der Waals surface area (Å²) in [5.74, 6) is 0.652. The van der Waals surface area contributed by atoms with Crippen LogP contribution in [0.4, 0.5) is 0 Å². The monoisotopic (exact) mass is 910 g/mol. The van der Waals surface area contributed by atoms with Crippen molar-refractivity contribution in [2.45, 2.75) is 19.3 Å². The van der Waals surface area contributed by atoms with Crippen LogP contribution in [0.25, 0.3) is 131 Å². The number of benzene rings is 10. The van der Waals surface area contributed by atoms with Crippen LogP contribution in [0.15, 0.2) is 218 Å². The highest BCUT2D eigenvalue weighted by atomic mass is 32.1. The third-order valence-electron chi connectivity index (χ3n) is 15.1. The van der Waals surface area contributed by atoms with Crippen LogP contribution >= 0.6 is 11.3 Å². The van der Waals surface area contributed by atoms with Crippen LogP contribution in [0.3, 0.4) is 0 Å². The molecule has 4 heterocycles. The molecule has 1 aliphatic rings. The molecule has 1 aliphatic carbocycles. The van der Waals surface area contributed by atoms with Gasteiger partial charge in [-0.2, -0.15) is 0 Å². The lowest BCUT2D eigenvalue weighted by molar-refractivity contribution is 0.660. The largest absolute Gasteiger partial charge is 0.309 e. The maximum Gasteiger partial charge on any atom is 0.235 e. The van der Waals surface area contributed by atoms with Gasteiger partial charge < -0.3 is 4.57 Å². The Morgan fingerprint density at radius 1 is 0.414 bits per heavy atom. The average molecular weight is 911 g/mol. The Morgan fingerprint density at radius 2 is 1.10 bits per heavy atom. The summed E-state index contributed by atoms with van der Waals surface area (Å²) in [6.07, 6.45) is 0. The predicted octanol–water partition coefficient (Wildman–Crippen LogP) is 17.5. The molecule has 0 spiro atoms. The molecular formula is C65H42N4S. The fourth-order valence-corrected chi connectivity index (χ4v) is 13.1. The van der Waals surface area contributed by atoms with Crippen LogP contribution in [-0.2, 0) is 5.41 Å². The van der Waals surface area contributed by atoms with Crippen molar-refractivity contribution in [3.63, 3.8) is 0 Å². The standard InChI is InChI=1S/C65H42N4S/c1-65(2)52-26-13-11-22-47(52)48-32-28-42(37-53(48)65)61-60-54(33-29-43-38-58(70-63(43)60)40-17-5-3-6-18-40)66-64(67-61)69-56-34-31-41(36-51(56)59-45-21-10-9-16-39(45)30-35-57(59)69)46-24-15-25-50-49-23-12-14-27-55(49)68(62(46)50)44-19-7-4-8-20-44/h3-38H,1-2H3. The number of thiophene rings is 1.